The van der Waals surface area contributed by atoms with Gasteiger partial charge in [-0.1, -0.05) is 0 Å². The minimum absolute atomic E-state index is 0.0733. The number of piperidine rings is 1. The second-order valence-corrected chi connectivity index (χ2v) is 7.93. The zero-order valence-electron chi connectivity index (χ0n) is 18.1. The summed E-state index contributed by atoms with van der Waals surface area (Å²) in [6.45, 7) is 1.76. The average molecular weight is 439 g/mol. The summed E-state index contributed by atoms with van der Waals surface area (Å²) in [5.41, 5.74) is 2.56. The van der Waals surface area contributed by atoms with Crippen molar-refractivity contribution >= 4 is 11.6 Å². The number of amides is 1. The van der Waals surface area contributed by atoms with Crippen LogP contribution < -0.4 is 14.2 Å². The average Bonchev–Trinajstić information content (AvgIpc) is 3.30. The standard InChI is InChI=1S/C22H25N5O5/c1-29-17-11-15-5-10-32-22(16(15)12-18(17)30-2)6-8-26(9-7-22)21(28)13-31-20-4-3-19-24-23-14-27(19)25-20/h3-4,11-12,14H,5-10,13H2,1-2H3. The number of fused-ring (bicyclic) bond motifs is 3. The van der Waals surface area contributed by atoms with Crippen LogP contribution in [0.2, 0.25) is 0 Å². The van der Waals surface area contributed by atoms with Crippen molar-refractivity contribution in [2.24, 2.45) is 0 Å². The molecule has 1 fully saturated rings. The zero-order valence-corrected chi connectivity index (χ0v) is 18.1. The SMILES string of the molecule is COc1cc2c(cc1OC)C1(CCN(C(=O)COc3ccc4nncn4n3)CC1)OCC2. The van der Waals surface area contributed by atoms with Crippen LogP contribution in [-0.4, -0.2) is 71.1 Å². The molecule has 2 aliphatic heterocycles. The van der Waals surface area contributed by atoms with Crippen molar-refractivity contribution in [3.63, 3.8) is 0 Å². The molecule has 0 atom stereocenters. The van der Waals surface area contributed by atoms with Gasteiger partial charge < -0.3 is 23.8 Å². The molecule has 0 radical (unpaired) electrons. The van der Waals surface area contributed by atoms with E-state index in [-0.39, 0.29) is 12.5 Å². The summed E-state index contributed by atoms with van der Waals surface area (Å²) in [5, 5.41) is 11.9. The lowest BCUT2D eigenvalue weighted by molar-refractivity contribution is -0.142. The number of benzene rings is 1. The van der Waals surface area contributed by atoms with Crippen molar-refractivity contribution in [3.8, 4) is 17.4 Å². The Bertz CT molecular complexity index is 1140. The lowest BCUT2D eigenvalue weighted by Crippen LogP contribution is -2.49. The molecular formula is C22H25N5O5. The summed E-state index contributed by atoms with van der Waals surface area (Å²) in [4.78, 5) is 14.6. The van der Waals surface area contributed by atoms with E-state index in [9.17, 15) is 4.79 Å². The fourth-order valence-electron chi connectivity index (χ4n) is 4.53. The summed E-state index contributed by atoms with van der Waals surface area (Å²) in [6.07, 6.45) is 3.75. The van der Waals surface area contributed by atoms with Crippen molar-refractivity contribution in [3.05, 3.63) is 41.7 Å². The highest BCUT2D eigenvalue weighted by Gasteiger charge is 2.42. The summed E-state index contributed by atoms with van der Waals surface area (Å²) in [5.74, 6) is 1.70. The molecule has 10 heteroatoms. The number of carbonyl (C=O) groups excluding carboxylic acids is 1. The van der Waals surface area contributed by atoms with Gasteiger partial charge in [-0.15, -0.1) is 15.3 Å². The summed E-state index contributed by atoms with van der Waals surface area (Å²) in [7, 11) is 3.28. The van der Waals surface area contributed by atoms with Gasteiger partial charge in [0.15, 0.2) is 23.8 Å². The second kappa shape index (κ2) is 8.27. The molecular weight excluding hydrogens is 414 g/mol. The van der Waals surface area contributed by atoms with Crippen molar-refractivity contribution in [2.75, 3.05) is 40.5 Å². The van der Waals surface area contributed by atoms with Gasteiger partial charge in [0.2, 0.25) is 5.88 Å². The first-order valence-electron chi connectivity index (χ1n) is 10.6. The Labute approximate surface area is 185 Å². The number of likely N-dealkylation sites (tertiary alicyclic amines) is 1. The number of rotatable bonds is 5. The van der Waals surface area contributed by atoms with E-state index in [0.29, 0.717) is 49.8 Å². The number of nitrogens with zero attached hydrogens (tertiary/aromatic N) is 5. The molecule has 1 amide bonds. The van der Waals surface area contributed by atoms with Crippen LogP contribution in [0.1, 0.15) is 24.0 Å². The highest BCUT2D eigenvalue weighted by molar-refractivity contribution is 5.77. The van der Waals surface area contributed by atoms with E-state index in [0.717, 1.165) is 17.7 Å². The lowest BCUT2D eigenvalue weighted by Gasteiger charge is -2.45. The Balaban J connectivity index is 1.25. The Hall–Kier alpha value is -3.40. The molecule has 1 spiro atoms. The first kappa shape index (κ1) is 20.5. The Morgan fingerprint density at radius 1 is 1.16 bits per heavy atom. The first-order chi connectivity index (χ1) is 15.6. The van der Waals surface area contributed by atoms with E-state index < -0.39 is 5.60 Å². The molecule has 0 saturated carbocycles. The molecule has 3 aromatic rings. The molecule has 0 N–H and O–H groups in total. The fraction of sp³-hybridized carbons (Fsp3) is 0.455. The maximum absolute atomic E-state index is 12.8. The van der Waals surface area contributed by atoms with Crippen LogP contribution >= 0.6 is 0 Å². The molecule has 1 aromatic carbocycles. The molecule has 10 nitrogen and oxygen atoms in total. The predicted octanol–water partition coefficient (Wildman–Crippen LogP) is 1.61. The molecule has 168 valence electrons. The van der Waals surface area contributed by atoms with Crippen molar-refractivity contribution in [1.82, 2.24) is 24.7 Å². The fourth-order valence-corrected chi connectivity index (χ4v) is 4.53. The number of methoxy groups -OCH3 is 2. The maximum Gasteiger partial charge on any atom is 0.260 e. The van der Waals surface area contributed by atoms with Crippen molar-refractivity contribution < 1.29 is 23.7 Å². The van der Waals surface area contributed by atoms with E-state index in [1.165, 1.54) is 16.4 Å². The van der Waals surface area contributed by atoms with Crippen LogP contribution in [0.15, 0.2) is 30.6 Å². The van der Waals surface area contributed by atoms with Crippen molar-refractivity contribution in [1.29, 1.82) is 0 Å². The zero-order chi connectivity index (χ0) is 22.1. The third kappa shape index (κ3) is 3.60. The predicted molar refractivity (Wildman–Crippen MR) is 113 cm³/mol. The van der Waals surface area contributed by atoms with Crippen LogP contribution in [0.3, 0.4) is 0 Å². The molecule has 0 bridgehead atoms. The maximum atomic E-state index is 12.8. The van der Waals surface area contributed by atoms with Gasteiger partial charge in [0.1, 0.15) is 6.33 Å². The third-order valence-corrected chi connectivity index (χ3v) is 6.25. The van der Waals surface area contributed by atoms with Gasteiger partial charge >= 0.3 is 0 Å². The largest absolute Gasteiger partial charge is 0.493 e. The van der Waals surface area contributed by atoms with Crippen LogP contribution in [-0.2, 0) is 21.6 Å². The van der Waals surface area contributed by atoms with Gasteiger partial charge in [0, 0.05) is 19.2 Å². The number of hydrogen-bond donors (Lipinski definition) is 0. The van der Waals surface area contributed by atoms with E-state index in [4.69, 9.17) is 18.9 Å². The minimum Gasteiger partial charge on any atom is -0.493 e. The molecule has 4 heterocycles. The van der Waals surface area contributed by atoms with Gasteiger partial charge in [0.05, 0.1) is 26.4 Å². The normalized spacial score (nSPS) is 17.2. The van der Waals surface area contributed by atoms with Crippen LogP contribution in [0, 0.1) is 0 Å². The molecule has 0 unspecified atom stereocenters. The van der Waals surface area contributed by atoms with Crippen LogP contribution in [0.25, 0.3) is 5.65 Å². The molecule has 2 aliphatic rings. The van der Waals surface area contributed by atoms with Crippen LogP contribution in [0.4, 0.5) is 0 Å². The first-order valence-corrected chi connectivity index (χ1v) is 10.6. The van der Waals surface area contributed by atoms with E-state index in [1.54, 1.807) is 26.4 Å². The smallest absolute Gasteiger partial charge is 0.260 e. The van der Waals surface area contributed by atoms with Gasteiger partial charge in [-0.3, -0.25) is 4.79 Å². The van der Waals surface area contributed by atoms with Gasteiger partial charge in [0.25, 0.3) is 5.91 Å². The number of ether oxygens (including phenoxy) is 4. The van der Waals surface area contributed by atoms with Gasteiger partial charge in [-0.25, -0.2) is 0 Å². The second-order valence-electron chi connectivity index (χ2n) is 7.93. The van der Waals surface area contributed by atoms with Crippen LogP contribution in [0.5, 0.6) is 17.4 Å². The Kier molecular flexibility index (Phi) is 5.30. The molecule has 5 rings (SSSR count). The summed E-state index contributed by atoms with van der Waals surface area (Å²) >= 11 is 0. The molecule has 2 aromatic heterocycles. The van der Waals surface area contributed by atoms with E-state index in [2.05, 4.69) is 15.3 Å². The van der Waals surface area contributed by atoms with E-state index >= 15 is 0 Å². The molecule has 0 aliphatic carbocycles. The molecule has 32 heavy (non-hydrogen) atoms. The molecule has 1 saturated heterocycles. The number of hydrogen-bond acceptors (Lipinski definition) is 8. The monoisotopic (exact) mass is 439 g/mol. The highest BCUT2D eigenvalue weighted by Crippen LogP contribution is 2.45. The summed E-state index contributed by atoms with van der Waals surface area (Å²) < 4.78 is 24.4. The minimum atomic E-state index is -0.411. The van der Waals surface area contributed by atoms with Crippen molar-refractivity contribution in [2.45, 2.75) is 24.9 Å². The Morgan fingerprint density at radius 3 is 2.72 bits per heavy atom. The topological polar surface area (TPSA) is 100 Å². The quantitative estimate of drug-likeness (QED) is 0.591. The number of carbonyl (C=O) groups is 1. The van der Waals surface area contributed by atoms with Gasteiger partial charge in [-0.2, -0.15) is 4.52 Å². The highest BCUT2D eigenvalue weighted by atomic mass is 16.5. The number of aromatic nitrogens is 4. The Morgan fingerprint density at radius 2 is 1.94 bits per heavy atom. The summed E-state index contributed by atoms with van der Waals surface area (Å²) in [6, 6.07) is 7.49. The van der Waals surface area contributed by atoms with E-state index in [1.807, 2.05) is 17.0 Å². The lowest BCUT2D eigenvalue weighted by atomic mass is 9.79. The van der Waals surface area contributed by atoms with Gasteiger partial charge in [-0.05, 0) is 48.6 Å². The third-order valence-electron chi connectivity index (χ3n) is 6.25.